The van der Waals surface area contributed by atoms with E-state index >= 15 is 0 Å². The lowest BCUT2D eigenvalue weighted by atomic mass is 10.1. The van der Waals surface area contributed by atoms with Crippen molar-refractivity contribution in [2.45, 2.75) is 68.2 Å². The van der Waals surface area contributed by atoms with Crippen LogP contribution in [0, 0.1) is 55.4 Å². The average molecular weight is 689 g/mol. The van der Waals surface area contributed by atoms with Gasteiger partial charge in [-0.05, 0) is 210 Å². The molecule has 266 valence electrons. The number of ether oxygens (including phenoxy) is 2. The highest BCUT2D eigenvalue weighted by Gasteiger charge is 2.16. The molecule has 0 amide bonds. The summed E-state index contributed by atoms with van der Waals surface area (Å²) in [6.07, 6.45) is 1.81. The van der Waals surface area contributed by atoms with Crippen LogP contribution in [0.3, 0.4) is 0 Å². The summed E-state index contributed by atoms with van der Waals surface area (Å²) in [6.45, 7) is 18.6. The smallest absolute Gasteiger partial charge is 0.119 e. The van der Waals surface area contributed by atoms with Gasteiger partial charge >= 0.3 is 0 Å². The Morgan fingerprint density at radius 3 is 0.808 bits per heavy atom. The van der Waals surface area contributed by atoms with Gasteiger partial charge in [0.1, 0.15) is 11.5 Å². The summed E-state index contributed by atoms with van der Waals surface area (Å²) in [6, 6.07) is 43.5. The van der Waals surface area contributed by atoms with Gasteiger partial charge in [0.05, 0.1) is 13.2 Å². The largest absolute Gasteiger partial charge is 0.494 e. The summed E-state index contributed by atoms with van der Waals surface area (Å²) < 4.78 is 12.3. The van der Waals surface area contributed by atoms with E-state index in [1.54, 1.807) is 0 Å². The van der Waals surface area contributed by atoms with Crippen LogP contribution in [0.2, 0.25) is 0 Å². The Kier molecular flexibility index (Phi) is 11.3. The number of hydrogen-bond acceptors (Lipinski definition) is 4. The van der Waals surface area contributed by atoms with Gasteiger partial charge in [0.2, 0.25) is 0 Å². The fraction of sp³-hybridized carbons (Fsp3) is 0.250. The predicted octanol–water partition coefficient (Wildman–Crippen LogP) is 13.3. The average Bonchev–Trinajstić information content (AvgIpc) is 3.14. The third kappa shape index (κ3) is 8.51. The van der Waals surface area contributed by atoms with Gasteiger partial charge in [-0.25, -0.2) is 0 Å². The first-order chi connectivity index (χ1) is 25.1. The molecule has 0 aromatic heterocycles. The number of aryl methyl sites for hydroxylation is 8. The fourth-order valence-electron chi connectivity index (χ4n) is 6.32. The predicted molar refractivity (Wildman–Crippen MR) is 220 cm³/mol. The van der Waals surface area contributed by atoms with E-state index in [-0.39, 0.29) is 0 Å². The van der Waals surface area contributed by atoms with E-state index in [9.17, 15) is 0 Å². The highest BCUT2D eigenvalue weighted by molar-refractivity contribution is 5.79. The zero-order valence-electron chi connectivity index (χ0n) is 32.1. The minimum Gasteiger partial charge on any atom is -0.494 e. The van der Waals surface area contributed by atoms with Gasteiger partial charge in [-0.2, -0.15) is 0 Å². The van der Waals surface area contributed by atoms with Crippen molar-refractivity contribution >= 4 is 34.1 Å². The number of nitrogens with zero attached hydrogens (tertiary/aromatic N) is 2. The molecule has 0 atom stereocenters. The van der Waals surface area contributed by atoms with Crippen molar-refractivity contribution in [3.8, 4) is 11.5 Å². The number of benzene rings is 6. The molecular formula is C48H52N2O2. The van der Waals surface area contributed by atoms with E-state index < -0.39 is 0 Å². The first-order valence-corrected chi connectivity index (χ1v) is 18.4. The van der Waals surface area contributed by atoms with E-state index in [1.165, 1.54) is 44.5 Å². The lowest BCUT2D eigenvalue weighted by Crippen LogP contribution is -2.11. The Morgan fingerprint density at radius 1 is 0.308 bits per heavy atom. The van der Waals surface area contributed by atoms with Crippen LogP contribution >= 0.6 is 0 Å². The van der Waals surface area contributed by atoms with E-state index in [1.807, 2.05) is 0 Å². The molecule has 0 saturated carbocycles. The molecule has 6 aromatic rings. The normalized spacial score (nSPS) is 11.0. The van der Waals surface area contributed by atoms with Gasteiger partial charge in [0, 0.05) is 34.1 Å². The van der Waals surface area contributed by atoms with Crippen molar-refractivity contribution < 1.29 is 9.47 Å². The van der Waals surface area contributed by atoms with Gasteiger partial charge in [-0.3, -0.25) is 0 Å². The molecule has 0 unspecified atom stereocenters. The number of hydrogen-bond donors (Lipinski definition) is 0. The second-order valence-electron chi connectivity index (χ2n) is 14.1. The van der Waals surface area contributed by atoms with E-state index in [2.05, 4.69) is 187 Å². The van der Waals surface area contributed by atoms with E-state index in [0.717, 1.165) is 58.5 Å². The summed E-state index contributed by atoms with van der Waals surface area (Å²) in [4.78, 5) is 4.63. The van der Waals surface area contributed by atoms with Crippen LogP contribution in [0.25, 0.3) is 0 Å². The lowest BCUT2D eigenvalue weighted by molar-refractivity contribution is 0.266. The Hall–Kier alpha value is -5.48. The second-order valence-corrected chi connectivity index (χ2v) is 14.1. The second kappa shape index (κ2) is 16.2. The van der Waals surface area contributed by atoms with Crippen LogP contribution in [0.4, 0.5) is 34.1 Å². The van der Waals surface area contributed by atoms with Crippen molar-refractivity contribution in [3.05, 3.63) is 166 Å². The number of rotatable bonds is 13. The molecule has 0 radical (unpaired) electrons. The number of anilines is 6. The molecule has 0 N–H and O–H groups in total. The highest BCUT2D eigenvalue weighted by atomic mass is 16.5. The maximum atomic E-state index is 6.15. The van der Waals surface area contributed by atoms with Crippen LogP contribution in [-0.2, 0) is 0 Å². The molecule has 6 rings (SSSR count). The van der Waals surface area contributed by atoms with Crippen LogP contribution in [0.5, 0.6) is 11.5 Å². The summed E-state index contributed by atoms with van der Waals surface area (Å²) in [5.74, 6) is 1.75. The molecule has 52 heavy (non-hydrogen) atoms. The first kappa shape index (κ1) is 36.3. The van der Waals surface area contributed by atoms with Gasteiger partial charge in [0.25, 0.3) is 0 Å². The molecule has 0 bridgehead atoms. The zero-order chi connectivity index (χ0) is 36.8. The van der Waals surface area contributed by atoms with Crippen LogP contribution in [0.15, 0.2) is 121 Å². The van der Waals surface area contributed by atoms with Gasteiger partial charge < -0.3 is 19.3 Å². The highest BCUT2D eigenvalue weighted by Crippen LogP contribution is 2.38. The fourth-order valence-corrected chi connectivity index (χ4v) is 6.32. The van der Waals surface area contributed by atoms with Crippen molar-refractivity contribution in [2.75, 3.05) is 23.0 Å². The number of unbranched alkanes of at least 4 members (excludes halogenated alkanes) is 1. The molecule has 0 aliphatic heterocycles. The van der Waals surface area contributed by atoms with Crippen molar-refractivity contribution in [1.29, 1.82) is 0 Å². The third-order valence-electron chi connectivity index (χ3n) is 10.3. The van der Waals surface area contributed by atoms with Crippen LogP contribution < -0.4 is 19.3 Å². The summed E-state index contributed by atoms with van der Waals surface area (Å²) in [5, 5.41) is 0. The SMILES string of the molecule is Cc1ccc(N(c2ccc(OCCCCOc3ccc(N(c4ccc(C)c(C)c4)c4ccc(C)c(C)c4)cc3)cc2)c2ccc(C)c(C)c2)cc1C. The molecule has 0 aliphatic carbocycles. The Morgan fingerprint density at radius 2 is 0.558 bits per heavy atom. The quantitative estimate of drug-likeness (QED) is 0.113. The van der Waals surface area contributed by atoms with Gasteiger partial charge in [-0.1, -0.05) is 24.3 Å². The zero-order valence-corrected chi connectivity index (χ0v) is 32.1. The van der Waals surface area contributed by atoms with E-state index in [0.29, 0.717) is 13.2 Å². The minimum absolute atomic E-state index is 0.639. The minimum atomic E-state index is 0.639. The summed E-state index contributed by atoms with van der Waals surface area (Å²) in [5.41, 5.74) is 17.1. The molecule has 4 heteroatoms. The monoisotopic (exact) mass is 688 g/mol. The molecule has 0 fully saturated rings. The standard InChI is InChI=1S/C48H52N2O2/c1-33-11-15-43(29-37(33)5)49(44-16-12-34(2)38(6)30-44)41-19-23-47(24-20-41)51-27-9-10-28-52-48-25-21-42(22-26-48)50(45-17-13-35(3)39(7)31-45)46-18-14-36(4)40(8)32-46/h11-26,29-32H,9-10,27-28H2,1-8H3. The van der Waals surface area contributed by atoms with Crippen LogP contribution in [0.1, 0.15) is 57.3 Å². The molecule has 0 aliphatic rings. The van der Waals surface area contributed by atoms with Crippen molar-refractivity contribution in [3.63, 3.8) is 0 Å². The maximum absolute atomic E-state index is 6.15. The Bertz CT molecular complexity index is 1880. The van der Waals surface area contributed by atoms with Gasteiger partial charge in [-0.15, -0.1) is 0 Å². The van der Waals surface area contributed by atoms with Crippen LogP contribution in [-0.4, -0.2) is 13.2 Å². The molecule has 0 heterocycles. The Balaban J connectivity index is 1.04. The lowest BCUT2D eigenvalue weighted by Gasteiger charge is -2.27. The molecule has 4 nitrogen and oxygen atoms in total. The molecular weight excluding hydrogens is 637 g/mol. The summed E-state index contributed by atoms with van der Waals surface area (Å²) in [7, 11) is 0. The first-order valence-electron chi connectivity index (χ1n) is 18.4. The topological polar surface area (TPSA) is 24.9 Å². The Labute approximate surface area is 311 Å². The van der Waals surface area contributed by atoms with Crippen molar-refractivity contribution in [1.82, 2.24) is 0 Å². The van der Waals surface area contributed by atoms with E-state index in [4.69, 9.17) is 9.47 Å². The molecule has 0 saturated heterocycles. The third-order valence-corrected chi connectivity index (χ3v) is 10.3. The molecule has 0 spiro atoms. The van der Waals surface area contributed by atoms with Crippen molar-refractivity contribution in [2.24, 2.45) is 0 Å². The maximum Gasteiger partial charge on any atom is 0.119 e. The van der Waals surface area contributed by atoms with Gasteiger partial charge in [0.15, 0.2) is 0 Å². The molecule has 6 aromatic carbocycles. The summed E-state index contributed by atoms with van der Waals surface area (Å²) >= 11 is 0.